The average Bonchev–Trinajstić information content (AvgIpc) is 2.83. The Labute approximate surface area is 258 Å². The van der Waals surface area contributed by atoms with E-state index in [2.05, 4.69) is 48.5 Å². The van der Waals surface area contributed by atoms with Crippen LogP contribution >= 0.6 is 0 Å². The summed E-state index contributed by atoms with van der Waals surface area (Å²) in [5.74, 6) is 4.89. The van der Waals surface area contributed by atoms with E-state index in [0.717, 1.165) is 44.5 Å². The summed E-state index contributed by atoms with van der Waals surface area (Å²) in [5.41, 5.74) is 4.70. The van der Waals surface area contributed by atoms with Crippen molar-refractivity contribution < 1.29 is 19.8 Å². The lowest BCUT2D eigenvalue weighted by atomic mass is 9.67. The van der Waals surface area contributed by atoms with Crippen LogP contribution in [0.15, 0.2) is 24.3 Å². The van der Waals surface area contributed by atoms with Crippen LogP contribution in [0.1, 0.15) is 147 Å². The van der Waals surface area contributed by atoms with Crippen molar-refractivity contribution in [1.29, 1.82) is 0 Å². The van der Waals surface area contributed by atoms with E-state index in [9.17, 15) is 19.8 Å². The summed E-state index contributed by atoms with van der Waals surface area (Å²) in [4.78, 5) is 26.1. The van der Waals surface area contributed by atoms with E-state index in [1.54, 1.807) is 12.2 Å². The van der Waals surface area contributed by atoms with Gasteiger partial charge in [0, 0.05) is 40.3 Å². The van der Waals surface area contributed by atoms with Gasteiger partial charge < -0.3 is 10.2 Å². The number of nitrogens with two attached hydrogens (primary N) is 1. The zero-order valence-corrected chi connectivity index (χ0v) is 28.5. The highest BCUT2D eigenvalue weighted by molar-refractivity contribution is 6.07. The van der Waals surface area contributed by atoms with Crippen LogP contribution in [0.5, 0.6) is 11.5 Å². The van der Waals surface area contributed by atoms with Gasteiger partial charge in [-0.25, -0.2) is 10.9 Å². The summed E-state index contributed by atoms with van der Waals surface area (Å²) in [5, 5.41) is 24.6. The molecule has 4 N–H and O–H groups in total. The Balaban J connectivity index is 2.76. The quantitative estimate of drug-likeness (QED) is 0.177. The predicted molar refractivity (Wildman–Crippen MR) is 177 cm³/mol. The molecule has 0 aromatic heterocycles. The second-order valence-electron chi connectivity index (χ2n) is 16.0. The Morgan fingerprint density at radius 3 is 1.21 bits per heavy atom. The van der Waals surface area contributed by atoms with E-state index in [1.807, 2.05) is 53.7 Å². The summed E-state index contributed by atoms with van der Waals surface area (Å²) in [6.07, 6.45) is 6.70. The molecule has 2 aromatic carbocycles. The zero-order valence-electron chi connectivity index (χ0n) is 28.5. The van der Waals surface area contributed by atoms with Crippen LogP contribution in [0.25, 0.3) is 12.2 Å². The minimum Gasteiger partial charge on any atom is -0.507 e. The van der Waals surface area contributed by atoms with Gasteiger partial charge in [-0.2, -0.15) is 0 Å². The summed E-state index contributed by atoms with van der Waals surface area (Å²) < 4.78 is 0. The van der Waals surface area contributed by atoms with Crippen molar-refractivity contribution in [2.45, 2.75) is 124 Å². The molecule has 3 rings (SSSR count). The third-order valence-electron chi connectivity index (χ3n) is 8.25. The zero-order chi connectivity index (χ0) is 33.0. The molecule has 6 heteroatoms. The Hall–Kier alpha value is -3.38. The number of aromatic hydroxyl groups is 2. The van der Waals surface area contributed by atoms with Crippen molar-refractivity contribution in [2.75, 3.05) is 0 Å². The standard InChI is InChI=1S/C37H52N2O4/c1-14-23-28-21(19-24(34(2,3)4)32(42)30(28)36(8,9)10)15-17-26(40)39(38)27(41)18-16-22-20-25(35(5,6)7)33(43)31(29(22)23)37(11,12)13/h15-20,23,42-43H,14,38H2,1-13H3/b17-15+,18-16+. The molecular formula is C37H52N2O4. The van der Waals surface area contributed by atoms with Crippen molar-refractivity contribution in [2.24, 2.45) is 5.84 Å². The van der Waals surface area contributed by atoms with Gasteiger partial charge in [0.1, 0.15) is 11.5 Å². The van der Waals surface area contributed by atoms with E-state index < -0.39 is 33.5 Å². The monoisotopic (exact) mass is 588 g/mol. The van der Waals surface area contributed by atoms with E-state index >= 15 is 0 Å². The van der Waals surface area contributed by atoms with Crippen molar-refractivity contribution in [3.05, 3.63) is 68.8 Å². The third kappa shape index (κ3) is 6.59. The number of phenols is 2. The fourth-order valence-electron chi connectivity index (χ4n) is 6.25. The van der Waals surface area contributed by atoms with Gasteiger partial charge in [-0.1, -0.05) is 90.0 Å². The van der Waals surface area contributed by atoms with Crippen LogP contribution in [-0.2, 0) is 31.2 Å². The van der Waals surface area contributed by atoms with E-state index in [1.165, 1.54) is 12.2 Å². The number of hydrazine groups is 1. The van der Waals surface area contributed by atoms with Gasteiger partial charge in [-0.05, 0) is 74.6 Å². The van der Waals surface area contributed by atoms with Crippen LogP contribution in [0.2, 0.25) is 0 Å². The van der Waals surface area contributed by atoms with Crippen molar-refractivity contribution in [3.8, 4) is 11.5 Å². The maximum atomic E-state index is 13.1. The van der Waals surface area contributed by atoms with Crippen molar-refractivity contribution in [1.82, 2.24) is 5.01 Å². The lowest BCUT2D eigenvalue weighted by molar-refractivity contribution is -0.138. The molecule has 0 fully saturated rings. The third-order valence-corrected chi connectivity index (χ3v) is 8.25. The van der Waals surface area contributed by atoms with Crippen molar-refractivity contribution >= 4 is 24.0 Å². The number of fused-ring (bicyclic) bond motifs is 2. The molecule has 1 aliphatic rings. The van der Waals surface area contributed by atoms with Gasteiger partial charge in [0.25, 0.3) is 11.8 Å². The largest absolute Gasteiger partial charge is 0.507 e. The van der Waals surface area contributed by atoms with Gasteiger partial charge in [-0.3, -0.25) is 9.59 Å². The number of imide groups is 1. The number of hydrogen-bond donors (Lipinski definition) is 3. The topological polar surface area (TPSA) is 104 Å². The summed E-state index contributed by atoms with van der Waals surface area (Å²) in [6.45, 7) is 26.9. The van der Waals surface area contributed by atoms with Crippen molar-refractivity contribution in [3.63, 3.8) is 0 Å². The maximum absolute atomic E-state index is 13.1. The SMILES string of the molecule is CCC1c2c(cc(C(C)(C)C)c(O)c2C(C)(C)C)/C=C/C(=O)N(N)C(=O)/C=C/c2cc(C(C)(C)C)c(O)c(C(C)(C)C)c21. The first-order valence-electron chi connectivity index (χ1n) is 15.2. The minimum absolute atomic E-state index is 0.240. The summed E-state index contributed by atoms with van der Waals surface area (Å²) >= 11 is 0. The van der Waals surface area contributed by atoms with E-state index in [4.69, 9.17) is 5.84 Å². The molecule has 0 unspecified atom stereocenters. The normalized spacial score (nSPS) is 17.2. The highest BCUT2D eigenvalue weighted by atomic mass is 16.3. The summed E-state index contributed by atoms with van der Waals surface area (Å²) in [7, 11) is 0. The number of nitrogens with zero attached hydrogens (tertiary/aromatic N) is 1. The molecule has 1 heterocycles. The molecule has 0 saturated heterocycles. The molecule has 2 amide bonds. The summed E-state index contributed by atoms with van der Waals surface area (Å²) in [6, 6.07) is 3.91. The second-order valence-corrected chi connectivity index (χ2v) is 16.0. The lowest BCUT2D eigenvalue weighted by Crippen LogP contribution is -2.40. The van der Waals surface area contributed by atoms with E-state index in [-0.39, 0.29) is 17.4 Å². The molecule has 0 aliphatic carbocycles. The highest BCUT2D eigenvalue weighted by Crippen LogP contribution is 2.52. The van der Waals surface area contributed by atoms with Crippen LogP contribution < -0.4 is 5.84 Å². The molecule has 0 saturated carbocycles. The molecule has 2 aromatic rings. The number of hydrogen-bond acceptors (Lipinski definition) is 5. The number of rotatable bonds is 1. The molecule has 0 radical (unpaired) electrons. The van der Waals surface area contributed by atoms with Gasteiger partial charge in [0.05, 0.1) is 0 Å². The Morgan fingerprint density at radius 2 is 0.953 bits per heavy atom. The highest BCUT2D eigenvalue weighted by Gasteiger charge is 2.38. The van der Waals surface area contributed by atoms with Gasteiger partial charge in [0.2, 0.25) is 0 Å². The number of carbonyl (C=O) groups is 2. The van der Waals surface area contributed by atoms with Crippen LogP contribution in [-0.4, -0.2) is 27.0 Å². The molecule has 6 nitrogen and oxygen atoms in total. The lowest BCUT2D eigenvalue weighted by Gasteiger charge is -2.37. The minimum atomic E-state index is -0.645. The average molecular weight is 589 g/mol. The maximum Gasteiger partial charge on any atom is 0.267 e. The van der Waals surface area contributed by atoms with Gasteiger partial charge >= 0.3 is 0 Å². The Morgan fingerprint density at radius 1 is 0.628 bits per heavy atom. The molecule has 0 atom stereocenters. The molecular weight excluding hydrogens is 536 g/mol. The first-order chi connectivity index (χ1) is 19.4. The number of benzene rings is 2. The Kier molecular flexibility index (Phi) is 8.95. The van der Waals surface area contributed by atoms with Crippen LogP contribution in [0.4, 0.5) is 0 Å². The fraction of sp³-hybridized carbons (Fsp3) is 0.514. The first-order valence-corrected chi connectivity index (χ1v) is 15.2. The molecule has 1 aliphatic heterocycles. The van der Waals surface area contributed by atoms with Gasteiger partial charge in [-0.15, -0.1) is 0 Å². The number of amides is 2. The molecule has 43 heavy (non-hydrogen) atoms. The Bertz CT molecular complexity index is 1390. The molecule has 0 bridgehead atoms. The van der Waals surface area contributed by atoms with E-state index in [0.29, 0.717) is 11.4 Å². The number of carbonyl (C=O) groups excluding carboxylic acids is 2. The fourth-order valence-corrected chi connectivity index (χ4v) is 6.25. The number of phenolic OH excluding ortho intramolecular Hbond substituents is 2. The first kappa shape index (κ1) is 34.1. The van der Waals surface area contributed by atoms with Crippen LogP contribution in [0.3, 0.4) is 0 Å². The van der Waals surface area contributed by atoms with Gasteiger partial charge in [0.15, 0.2) is 0 Å². The smallest absolute Gasteiger partial charge is 0.267 e. The molecule has 0 spiro atoms. The predicted octanol–water partition coefficient (Wildman–Crippen LogP) is 8.10. The second kappa shape index (κ2) is 11.3. The van der Waals surface area contributed by atoms with Crippen LogP contribution in [0, 0.1) is 0 Å². The molecule has 234 valence electrons.